The van der Waals surface area contributed by atoms with Crippen LogP contribution < -0.4 is 11.1 Å². The molecule has 0 fully saturated rings. The Labute approximate surface area is 104 Å². The predicted molar refractivity (Wildman–Crippen MR) is 66.8 cm³/mol. The molecule has 0 radical (unpaired) electrons. The van der Waals surface area contributed by atoms with Crippen molar-refractivity contribution in [2.24, 2.45) is 0 Å². The maximum atomic E-state index is 11.6. The highest BCUT2D eigenvalue weighted by Gasteiger charge is 2.07. The molecular formula is C12H14N4O2. The van der Waals surface area contributed by atoms with Gasteiger partial charge in [0.05, 0.1) is 0 Å². The molecule has 1 heterocycles. The number of hydrogen-bond donors (Lipinski definition) is 2. The van der Waals surface area contributed by atoms with Gasteiger partial charge >= 0.3 is 6.01 Å². The third-order valence-corrected chi connectivity index (χ3v) is 2.39. The standard InChI is InChI=1S/C12H14N4O2/c1-8-15-16-12(18-8)14-11(17)7-4-9-2-5-10(13)6-3-9/h2-3,5-6H,4,7,13H2,1H3,(H,14,16,17). The van der Waals surface area contributed by atoms with Crippen LogP contribution in [0.2, 0.25) is 0 Å². The van der Waals surface area contributed by atoms with E-state index >= 15 is 0 Å². The van der Waals surface area contributed by atoms with Crippen LogP contribution in [0.25, 0.3) is 0 Å². The van der Waals surface area contributed by atoms with E-state index in [9.17, 15) is 4.79 Å². The van der Waals surface area contributed by atoms with E-state index in [2.05, 4.69) is 15.5 Å². The fourth-order valence-corrected chi connectivity index (χ4v) is 1.47. The first-order valence-corrected chi connectivity index (χ1v) is 5.58. The van der Waals surface area contributed by atoms with Crippen molar-refractivity contribution >= 4 is 17.6 Å². The summed E-state index contributed by atoms with van der Waals surface area (Å²) in [6.45, 7) is 1.66. The Kier molecular flexibility index (Phi) is 3.57. The molecule has 6 heteroatoms. The van der Waals surface area contributed by atoms with Gasteiger partial charge in [0.15, 0.2) is 0 Å². The molecule has 6 nitrogen and oxygen atoms in total. The van der Waals surface area contributed by atoms with Crippen LogP contribution in [0.1, 0.15) is 17.9 Å². The van der Waals surface area contributed by atoms with Crippen LogP contribution in [0, 0.1) is 6.92 Å². The van der Waals surface area contributed by atoms with E-state index < -0.39 is 0 Å². The van der Waals surface area contributed by atoms with Gasteiger partial charge in [-0.25, -0.2) is 0 Å². The molecule has 2 rings (SSSR count). The minimum absolute atomic E-state index is 0.134. The minimum Gasteiger partial charge on any atom is -0.408 e. The summed E-state index contributed by atoms with van der Waals surface area (Å²) >= 11 is 0. The van der Waals surface area contributed by atoms with Gasteiger partial charge in [-0.05, 0) is 24.1 Å². The monoisotopic (exact) mass is 246 g/mol. The lowest BCUT2D eigenvalue weighted by molar-refractivity contribution is -0.116. The Balaban J connectivity index is 1.83. The van der Waals surface area contributed by atoms with Crippen LogP contribution in [-0.2, 0) is 11.2 Å². The van der Waals surface area contributed by atoms with Crippen molar-refractivity contribution in [1.29, 1.82) is 0 Å². The Hall–Kier alpha value is -2.37. The number of rotatable bonds is 4. The lowest BCUT2D eigenvalue weighted by atomic mass is 10.1. The van der Waals surface area contributed by atoms with Crippen LogP contribution in [0.15, 0.2) is 28.7 Å². The van der Waals surface area contributed by atoms with Crippen molar-refractivity contribution in [2.45, 2.75) is 19.8 Å². The van der Waals surface area contributed by atoms with Crippen molar-refractivity contribution in [3.63, 3.8) is 0 Å². The summed E-state index contributed by atoms with van der Waals surface area (Å²) < 4.78 is 5.05. The molecule has 0 aliphatic heterocycles. The fourth-order valence-electron chi connectivity index (χ4n) is 1.47. The first kappa shape index (κ1) is 12.1. The van der Waals surface area contributed by atoms with Gasteiger partial charge in [-0.15, -0.1) is 5.10 Å². The maximum absolute atomic E-state index is 11.6. The van der Waals surface area contributed by atoms with Gasteiger partial charge in [0, 0.05) is 19.0 Å². The minimum atomic E-state index is -0.157. The molecule has 1 aromatic heterocycles. The number of nitrogens with two attached hydrogens (primary N) is 1. The van der Waals surface area contributed by atoms with Crippen molar-refractivity contribution < 1.29 is 9.21 Å². The molecule has 94 valence electrons. The average Bonchev–Trinajstić information content (AvgIpc) is 2.74. The molecule has 0 saturated carbocycles. The predicted octanol–water partition coefficient (Wildman–Crippen LogP) is 1.53. The SMILES string of the molecule is Cc1nnc(NC(=O)CCc2ccc(N)cc2)o1. The fraction of sp³-hybridized carbons (Fsp3) is 0.250. The topological polar surface area (TPSA) is 94.0 Å². The van der Waals surface area contributed by atoms with E-state index in [0.717, 1.165) is 5.56 Å². The zero-order valence-corrected chi connectivity index (χ0v) is 10.0. The number of aryl methyl sites for hydroxylation is 2. The smallest absolute Gasteiger partial charge is 0.322 e. The maximum Gasteiger partial charge on any atom is 0.322 e. The number of carbonyl (C=O) groups is 1. The lowest BCUT2D eigenvalue weighted by Gasteiger charge is -2.02. The number of nitrogens with zero attached hydrogens (tertiary/aromatic N) is 2. The summed E-state index contributed by atoms with van der Waals surface area (Å²) in [5, 5.41) is 9.85. The van der Waals surface area contributed by atoms with Crippen LogP contribution in [0.4, 0.5) is 11.7 Å². The van der Waals surface area contributed by atoms with Crippen LogP contribution in [0.5, 0.6) is 0 Å². The molecule has 1 amide bonds. The number of anilines is 2. The Morgan fingerprint density at radius 3 is 2.67 bits per heavy atom. The number of amides is 1. The van der Waals surface area contributed by atoms with Gasteiger partial charge in [-0.3, -0.25) is 10.1 Å². The summed E-state index contributed by atoms with van der Waals surface area (Å²) in [7, 11) is 0. The molecule has 2 aromatic rings. The molecule has 0 atom stereocenters. The largest absolute Gasteiger partial charge is 0.408 e. The molecule has 1 aromatic carbocycles. The number of carbonyl (C=O) groups excluding carboxylic acids is 1. The number of hydrogen-bond acceptors (Lipinski definition) is 5. The highest BCUT2D eigenvalue weighted by Crippen LogP contribution is 2.09. The molecule has 0 unspecified atom stereocenters. The Bertz CT molecular complexity index is 533. The first-order valence-electron chi connectivity index (χ1n) is 5.58. The second-order valence-corrected chi connectivity index (χ2v) is 3.92. The van der Waals surface area contributed by atoms with E-state index in [1.807, 2.05) is 24.3 Å². The molecule has 3 N–H and O–H groups in total. The highest BCUT2D eigenvalue weighted by atomic mass is 16.4. The molecule has 0 bridgehead atoms. The lowest BCUT2D eigenvalue weighted by Crippen LogP contribution is -2.12. The number of aromatic nitrogens is 2. The highest BCUT2D eigenvalue weighted by molar-refractivity contribution is 5.88. The first-order chi connectivity index (χ1) is 8.63. The molecule has 18 heavy (non-hydrogen) atoms. The number of nitrogen functional groups attached to an aromatic ring is 1. The van der Waals surface area contributed by atoms with Gasteiger partial charge in [-0.1, -0.05) is 17.2 Å². The zero-order chi connectivity index (χ0) is 13.0. The summed E-state index contributed by atoms with van der Waals surface area (Å²) in [5.74, 6) is 0.263. The van der Waals surface area contributed by atoms with E-state index in [1.54, 1.807) is 6.92 Å². The summed E-state index contributed by atoms with van der Waals surface area (Å²) in [6, 6.07) is 7.57. The second-order valence-electron chi connectivity index (χ2n) is 3.92. The summed E-state index contributed by atoms with van der Waals surface area (Å²) in [6.07, 6.45) is 0.991. The van der Waals surface area contributed by atoms with E-state index in [0.29, 0.717) is 24.4 Å². The van der Waals surface area contributed by atoms with Crippen molar-refractivity contribution in [1.82, 2.24) is 10.2 Å². The van der Waals surface area contributed by atoms with Crippen LogP contribution >= 0.6 is 0 Å². The molecule has 0 saturated heterocycles. The average molecular weight is 246 g/mol. The Morgan fingerprint density at radius 1 is 1.33 bits per heavy atom. The second kappa shape index (κ2) is 5.31. The van der Waals surface area contributed by atoms with Gasteiger partial charge in [0.2, 0.25) is 11.8 Å². The van der Waals surface area contributed by atoms with Crippen LogP contribution in [0.3, 0.4) is 0 Å². The van der Waals surface area contributed by atoms with E-state index in [1.165, 1.54) is 0 Å². The van der Waals surface area contributed by atoms with Crippen molar-refractivity contribution in [3.8, 4) is 0 Å². The number of benzene rings is 1. The summed E-state index contributed by atoms with van der Waals surface area (Å²) in [4.78, 5) is 11.6. The normalized spacial score (nSPS) is 10.3. The Morgan fingerprint density at radius 2 is 2.06 bits per heavy atom. The molecule has 0 spiro atoms. The quantitative estimate of drug-likeness (QED) is 0.798. The molecular weight excluding hydrogens is 232 g/mol. The summed E-state index contributed by atoms with van der Waals surface area (Å²) in [5.41, 5.74) is 7.35. The molecule has 0 aliphatic rings. The van der Waals surface area contributed by atoms with Gasteiger partial charge in [0.1, 0.15) is 0 Å². The zero-order valence-electron chi connectivity index (χ0n) is 10.0. The van der Waals surface area contributed by atoms with Gasteiger partial charge < -0.3 is 10.2 Å². The molecule has 0 aliphatic carbocycles. The third-order valence-electron chi connectivity index (χ3n) is 2.39. The van der Waals surface area contributed by atoms with E-state index in [4.69, 9.17) is 10.2 Å². The number of nitrogens with one attached hydrogen (secondary N) is 1. The third kappa shape index (κ3) is 3.31. The van der Waals surface area contributed by atoms with E-state index in [-0.39, 0.29) is 11.9 Å². The van der Waals surface area contributed by atoms with Crippen molar-refractivity contribution in [2.75, 3.05) is 11.1 Å². The van der Waals surface area contributed by atoms with Gasteiger partial charge in [-0.2, -0.15) is 0 Å². The van der Waals surface area contributed by atoms with Crippen LogP contribution in [-0.4, -0.2) is 16.1 Å². The van der Waals surface area contributed by atoms with Gasteiger partial charge in [0.25, 0.3) is 0 Å². The van der Waals surface area contributed by atoms with Crippen molar-refractivity contribution in [3.05, 3.63) is 35.7 Å².